The Labute approximate surface area is 166 Å². The SMILES string of the molecule is Cc1cc(C)n(-c2ccc(=O)n(CC3CN(CCN4CCCCCC4)C3)n2)n1. The summed E-state index contributed by atoms with van der Waals surface area (Å²) >= 11 is 0. The summed E-state index contributed by atoms with van der Waals surface area (Å²) in [5.41, 5.74) is 1.95. The third-order valence-electron chi connectivity index (χ3n) is 5.97. The molecule has 2 aromatic rings. The molecule has 0 spiro atoms. The molecule has 152 valence electrons. The molecule has 2 aliphatic rings. The summed E-state index contributed by atoms with van der Waals surface area (Å²) in [7, 11) is 0. The molecule has 0 atom stereocenters. The average Bonchev–Trinajstić information content (AvgIpc) is 2.83. The molecule has 0 bridgehead atoms. The Kier molecular flexibility index (Phi) is 5.92. The highest BCUT2D eigenvalue weighted by Gasteiger charge is 2.27. The molecular formula is C21H32N6O. The molecule has 2 saturated heterocycles. The van der Waals surface area contributed by atoms with Crippen LogP contribution >= 0.6 is 0 Å². The van der Waals surface area contributed by atoms with Gasteiger partial charge in [-0.25, -0.2) is 9.36 Å². The van der Waals surface area contributed by atoms with E-state index < -0.39 is 0 Å². The maximum absolute atomic E-state index is 12.3. The maximum Gasteiger partial charge on any atom is 0.266 e. The first-order chi connectivity index (χ1) is 13.6. The predicted octanol–water partition coefficient (Wildman–Crippen LogP) is 1.85. The second-order valence-corrected chi connectivity index (χ2v) is 8.43. The van der Waals surface area contributed by atoms with Crippen LogP contribution in [-0.2, 0) is 6.54 Å². The Bertz CT molecular complexity index is 843. The van der Waals surface area contributed by atoms with Crippen LogP contribution in [0.1, 0.15) is 37.1 Å². The van der Waals surface area contributed by atoms with Crippen molar-refractivity contribution in [1.29, 1.82) is 0 Å². The molecule has 0 radical (unpaired) electrons. The van der Waals surface area contributed by atoms with Gasteiger partial charge in [0.05, 0.1) is 12.2 Å². The lowest BCUT2D eigenvalue weighted by Crippen LogP contribution is -2.51. The van der Waals surface area contributed by atoms with Crippen molar-refractivity contribution < 1.29 is 0 Å². The smallest absolute Gasteiger partial charge is 0.266 e. The van der Waals surface area contributed by atoms with Crippen molar-refractivity contribution in [2.75, 3.05) is 39.3 Å². The molecule has 4 heterocycles. The minimum absolute atomic E-state index is 0.0340. The highest BCUT2D eigenvalue weighted by Crippen LogP contribution is 2.17. The molecule has 4 rings (SSSR count). The van der Waals surface area contributed by atoms with E-state index in [0.717, 1.165) is 31.0 Å². The van der Waals surface area contributed by atoms with E-state index in [-0.39, 0.29) is 5.56 Å². The van der Waals surface area contributed by atoms with Crippen LogP contribution in [0.5, 0.6) is 0 Å². The summed E-state index contributed by atoms with van der Waals surface area (Å²) in [6.45, 7) is 11.6. The van der Waals surface area contributed by atoms with Crippen molar-refractivity contribution in [3.05, 3.63) is 39.9 Å². The maximum atomic E-state index is 12.3. The van der Waals surface area contributed by atoms with Crippen LogP contribution in [0.4, 0.5) is 0 Å². The number of likely N-dealkylation sites (tertiary alicyclic amines) is 2. The number of hydrogen-bond donors (Lipinski definition) is 0. The number of rotatable bonds is 6. The lowest BCUT2D eigenvalue weighted by Gasteiger charge is -2.40. The van der Waals surface area contributed by atoms with E-state index in [9.17, 15) is 4.79 Å². The molecule has 7 nitrogen and oxygen atoms in total. The van der Waals surface area contributed by atoms with Crippen LogP contribution in [0.3, 0.4) is 0 Å². The Balaban J connectivity index is 1.30. The van der Waals surface area contributed by atoms with Gasteiger partial charge in [0, 0.05) is 43.9 Å². The highest BCUT2D eigenvalue weighted by molar-refractivity contribution is 5.23. The predicted molar refractivity (Wildman–Crippen MR) is 110 cm³/mol. The van der Waals surface area contributed by atoms with Gasteiger partial charge in [0.15, 0.2) is 5.82 Å². The Morgan fingerprint density at radius 1 is 0.964 bits per heavy atom. The van der Waals surface area contributed by atoms with Crippen molar-refractivity contribution in [3.8, 4) is 5.82 Å². The fourth-order valence-electron chi connectivity index (χ4n) is 4.40. The summed E-state index contributed by atoms with van der Waals surface area (Å²) in [6.07, 6.45) is 5.48. The normalized spacial score (nSPS) is 19.5. The van der Waals surface area contributed by atoms with E-state index in [1.807, 2.05) is 19.9 Å². The first kappa shape index (κ1) is 19.3. The lowest BCUT2D eigenvalue weighted by atomic mass is 10.0. The molecule has 0 saturated carbocycles. The van der Waals surface area contributed by atoms with Crippen LogP contribution in [-0.4, -0.2) is 68.6 Å². The molecule has 2 fully saturated rings. The molecule has 0 aromatic carbocycles. The van der Waals surface area contributed by atoms with E-state index in [1.54, 1.807) is 21.5 Å². The van der Waals surface area contributed by atoms with E-state index in [1.165, 1.54) is 45.3 Å². The summed E-state index contributed by atoms with van der Waals surface area (Å²) in [5, 5.41) is 9.05. The Morgan fingerprint density at radius 2 is 1.68 bits per heavy atom. The summed E-state index contributed by atoms with van der Waals surface area (Å²) in [4.78, 5) is 17.4. The molecule has 2 aromatic heterocycles. The quantitative estimate of drug-likeness (QED) is 0.761. The van der Waals surface area contributed by atoms with Crippen molar-refractivity contribution in [2.24, 2.45) is 5.92 Å². The van der Waals surface area contributed by atoms with Gasteiger partial charge < -0.3 is 9.80 Å². The van der Waals surface area contributed by atoms with Gasteiger partial charge in [-0.2, -0.15) is 5.10 Å². The van der Waals surface area contributed by atoms with E-state index >= 15 is 0 Å². The molecule has 7 heteroatoms. The lowest BCUT2D eigenvalue weighted by molar-refractivity contribution is 0.0719. The van der Waals surface area contributed by atoms with Gasteiger partial charge in [0.2, 0.25) is 0 Å². The van der Waals surface area contributed by atoms with Gasteiger partial charge >= 0.3 is 0 Å². The number of hydrogen-bond acceptors (Lipinski definition) is 5. The molecule has 0 N–H and O–H groups in total. The van der Waals surface area contributed by atoms with Crippen molar-refractivity contribution in [2.45, 2.75) is 46.1 Å². The fraction of sp³-hybridized carbons (Fsp3) is 0.667. The summed E-state index contributed by atoms with van der Waals surface area (Å²) < 4.78 is 3.42. The minimum Gasteiger partial charge on any atom is -0.302 e. The fourth-order valence-corrected chi connectivity index (χ4v) is 4.40. The molecular weight excluding hydrogens is 352 g/mol. The third-order valence-corrected chi connectivity index (χ3v) is 5.97. The number of nitrogens with zero attached hydrogens (tertiary/aromatic N) is 6. The van der Waals surface area contributed by atoms with Crippen molar-refractivity contribution >= 4 is 0 Å². The van der Waals surface area contributed by atoms with Crippen LogP contribution in [0.2, 0.25) is 0 Å². The first-order valence-electron chi connectivity index (χ1n) is 10.6. The van der Waals surface area contributed by atoms with E-state index in [2.05, 4.69) is 20.0 Å². The van der Waals surface area contributed by atoms with Crippen LogP contribution in [0.25, 0.3) is 5.82 Å². The second kappa shape index (κ2) is 8.57. The van der Waals surface area contributed by atoms with Crippen molar-refractivity contribution in [1.82, 2.24) is 29.4 Å². The summed E-state index contributed by atoms with van der Waals surface area (Å²) in [5.74, 6) is 1.22. The highest BCUT2D eigenvalue weighted by atomic mass is 16.1. The van der Waals surface area contributed by atoms with Gasteiger partial charge in [-0.3, -0.25) is 4.79 Å². The van der Waals surface area contributed by atoms with E-state index in [0.29, 0.717) is 18.3 Å². The number of aryl methyl sites for hydroxylation is 2. The summed E-state index contributed by atoms with van der Waals surface area (Å²) in [6, 6.07) is 5.38. The van der Waals surface area contributed by atoms with Gasteiger partial charge in [0.25, 0.3) is 5.56 Å². The largest absolute Gasteiger partial charge is 0.302 e. The van der Waals surface area contributed by atoms with Crippen molar-refractivity contribution in [3.63, 3.8) is 0 Å². The molecule has 2 aliphatic heterocycles. The van der Waals surface area contributed by atoms with Crippen LogP contribution in [0, 0.1) is 19.8 Å². The Hall–Kier alpha value is -1.99. The second-order valence-electron chi connectivity index (χ2n) is 8.43. The zero-order valence-corrected chi connectivity index (χ0v) is 17.2. The minimum atomic E-state index is -0.0340. The number of aromatic nitrogens is 4. The monoisotopic (exact) mass is 384 g/mol. The van der Waals surface area contributed by atoms with Gasteiger partial charge in [-0.1, -0.05) is 12.8 Å². The first-order valence-corrected chi connectivity index (χ1v) is 10.6. The Morgan fingerprint density at radius 3 is 2.36 bits per heavy atom. The molecule has 0 amide bonds. The average molecular weight is 385 g/mol. The molecule has 0 unspecified atom stereocenters. The molecule has 0 aliphatic carbocycles. The zero-order chi connectivity index (χ0) is 19.5. The van der Waals surface area contributed by atoms with Gasteiger partial charge in [-0.15, -0.1) is 5.10 Å². The standard InChI is InChI=1S/C21H32N6O/c1-17-13-18(2)27(22-17)20-7-8-21(28)26(23-20)16-19-14-25(15-19)12-11-24-9-5-3-4-6-10-24/h7-8,13,19H,3-6,9-12,14-16H2,1-2H3. The van der Waals surface area contributed by atoms with Crippen LogP contribution in [0.15, 0.2) is 23.0 Å². The van der Waals surface area contributed by atoms with E-state index in [4.69, 9.17) is 0 Å². The van der Waals surface area contributed by atoms with Gasteiger partial charge in [-0.05, 0) is 51.9 Å². The zero-order valence-electron chi connectivity index (χ0n) is 17.2. The van der Waals surface area contributed by atoms with Gasteiger partial charge in [0.1, 0.15) is 0 Å². The molecule has 28 heavy (non-hydrogen) atoms. The van der Waals surface area contributed by atoms with Crippen LogP contribution < -0.4 is 5.56 Å². The topological polar surface area (TPSA) is 59.2 Å². The third kappa shape index (κ3) is 4.52.